The first-order valence-corrected chi connectivity index (χ1v) is 15.3. The van der Waals surface area contributed by atoms with Crippen LogP contribution in [-0.2, 0) is 33.3 Å². The summed E-state index contributed by atoms with van der Waals surface area (Å²) in [5, 5.41) is 0.811. The number of aromatic amines is 1. The van der Waals surface area contributed by atoms with Crippen molar-refractivity contribution in [1.82, 2.24) is 23.3 Å². The molecule has 0 aliphatic carbocycles. The predicted octanol–water partition coefficient (Wildman–Crippen LogP) is 2.28. The van der Waals surface area contributed by atoms with Gasteiger partial charge in [-0.1, -0.05) is 35.9 Å². The predicted molar refractivity (Wildman–Crippen MR) is 150 cm³/mol. The van der Waals surface area contributed by atoms with Gasteiger partial charge in [0.15, 0.2) is 0 Å². The summed E-state index contributed by atoms with van der Waals surface area (Å²) in [7, 11) is -4.86. The van der Waals surface area contributed by atoms with E-state index in [0.717, 1.165) is 10.6 Å². The normalized spacial score (nSPS) is 12.2. The molecule has 2 aromatic carbocycles. The Bertz CT molecular complexity index is 1850. The number of amides is 1. The lowest BCUT2D eigenvalue weighted by atomic mass is 10.0. The summed E-state index contributed by atoms with van der Waals surface area (Å²) >= 11 is 6.30. The van der Waals surface area contributed by atoms with Crippen molar-refractivity contribution in [3.63, 3.8) is 0 Å². The molecule has 39 heavy (non-hydrogen) atoms. The van der Waals surface area contributed by atoms with Crippen LogP contribution in [0.25, 0.3) is 22.0 Å². The first kappa shape index (κ1) is 28.5. The molecule has 0 atom stereocenters. The van der Waals surface area contributed by atoms with Crippen molar-refractivity contribution < 1.29 is 21.6 Å². The van der Waals surface area contributed by atoms with Gasteiger partial charge in [-0.05, 0) is 41.5 Å². The van der Waals surface area contributed by atoms with E-state index in [-0.39, 0.29) is 29.9 Å². The molecule has 0 saturated heterocycles. The van der Waals surface area contributed by atoms with Gasteiger partial charge in [0.2, 0.25) is 10.0 Å². The molecule has 1 amide bonds. The van der Waals surface area contributed by atoms with Crippen LogP contribution in [0.1, 0.15) is 21.6 Å². The summed E-state index contributed by atoms with van der Waals surface area (Å²) in [6, 6.07) is 15.0. The second kappa shape index (κ2) is 10.9. The van der Waals surface area contributed by atoms with E-state index >= 15 is 0 Å². The number of hydrogen-bond donors (Lipinski definition) is 3. The number of halogens is 1. The Morgan fingerprint density at radius 3 is 2.36 bits per heavy atom. The molecule has 2 aromatic heterocycles. The Hall–Kier alpha value is -3.49. The fourth-order valence-electron chi connectivity index (χ4n) is 4.19. The van der Waals surface area contributed by atoms with Crippen molar-refractivity contribution >= 4 is 48.6 Å². The Morgan fingerprint density at radius 2 is 1.72 bits per heavy atom. The van der Waals surface area contributed by atoms with Crippen LogP contribution in [-0.4, -0.2) is 57.0 Å². The highest BCUT2D eigenvalue weighted by atomic mass is 35.5. The van der Waals surface area contributed by atoms with Crippen LogP contribution in [0.4, 0.5) is 0 Å². The Kier molecular flexibility index (Phi) is 8.00. The van der Waals surface area contributed by atoms with Gasteiger partial charge in [-0.25, -0.2) is 13.1 Å². The minimum atomic E-state index is -3.96. The molecular formula is C25H26ClN5O6S2. The number of carbonyl (C=O) groups excluding carboxylic acids is 1. The minimum absolute atomic E-state index is 0.0300. The molecule has 0 unspecified atom stereocenters. The number of hydrogen-bond acceptors (Lipinski definition) is 6. The SMILES string of the molecule is CN(C)S(=O)(=O)NCc1ccccc1Cn1c(C(=O)NS(C)(=O)=O)c(-c2ccc[nH]c2=O)c2cc(Cl)ccc21. The van der Waals surface area contributed by atoms with Crippen LogP contribution in [0.2, 0.25) is 5.02 Å². The third kappa shape index (κ3) is 6.23. The van der Waals surface area contributed by atoms with E-state index in [1.54, 1.807) is 53.1 Å². The zero-order valence-electron chi connectivity index (χ0n) is 21.2. The molecule has 2 heterocycles. The molecule has 0 aliphatic heterocycles. The van der Waals surface area contributed by atoms with Crippen LogP contribution in [0, 0.1) is 0 Å². The molecule has 11 nitrogen and oxygen atoms in total. The van der Waals surface area contributed by atoms with Gasteiger partial charge in [-0.15, -0.1) is 0 Å². The number of pyridine rings is 1. The smallest absolute Gasteiger partial charge is 0.282 e. The molecule has 4 rings (SSSR count). The molecule has 14 heteroatoms. The van der Waals surface area contributed by atoms with Crippen LogP contribution in [0.15, 0.2) is 65.6 Å². The van der Waals surface area contributed by atoms with Gasteiger partial charge >= 0.3 is 0 Å². The fourth-order valence-corrected chi connectivity index (χ4v) is 5.39. The summed E-state index contributed by atoms with van der Waals surface area (Å²) in [4.78, 5) is 28.9. The number of nitrogens with zero attached hydrogens (tertiary/aromatic N) is 2. The highest BCUT2D eigenvalue weighted by Crippen LogP contribution is 2.36. The van der Waals surface area contributed by atoms with E-state index in [9.17, 15) is 26.4 Å². The third-order valence-electron chi connectivity index (χ3n) is 5.98. The Morgan fingerprint density at radius 1 is 1.03 bits per heavy atom. The number of aromatic nitrogens is 2. The second-order valence-corrected chi connectivity index (χ2v) is 13.1. The molecule has 0 fully saturated rings. The Labute approximate surface area is 230 Å². The number of H-pyrrole nitrogens is 1. The highest BCUT2D eigenvalue weighted by molar-refractivity contribution is 7.89. The van der Waals surface area contributed by atoms with Crippen LogP contribution in [0.3, 0.4) is 0 Å². The van der Waals surface area contributed by atoms with Crippen molar-refractivity contribution in [3.05, 3.63) is 93.0 Å². The van der Waals surface area contributed by atoms with Gasteiger partial charge < -0.3 is 9.55 Å². The number of sulfonamides is 1. The van der Waals surface area contributed by atoms with Crippen molar-refractivity contribution in [2.75, 3.05) is 20.4 Å². The summed E-state index contributed by atoms with van der Waals surface area (Å²) in [6.45, 7) is 0.0209. The van der Waals surface area contributed by atoms with Crippen molar-refractivity contribution in [1.29, 1.82) is 0 Å². The van der Waals surface area contributed by atoms with Crippen LogP contribution in [0.5, 0.6) is 0 Å². The highest BCUT2D eigenvalue weighted by Gasteiger charge is 2.27. The zero-order chi connectivity index (χ0) is 28.5. The number of rotatable bonds is 9. The maximum absolute atomic E-state index is 13.5. The average molecular weight is 592 g/mol. The van der Waals surface area contributed by atoms with Gasteiger partial charge in [0.25, 0.3) is 21.7 Å². The van der Waals surface area contributed by atoms with E-state index in [0.29, 0.717) is 27.1 Å². The number of carbonyl (C=O) groups is 1. The van der Waals surface area contributed by atoms with Crippen molar-refractivity contribution in [2.45, 2.75) is 13.1 Å². The lowest BCUT2D eigenvalue weighted by molar-refractivity contribution is 0.0974. The zero-order valence-corrected chi connectivity index (χ0v) is 23.6. The Balaban J connectivity index is 1.96. The van der Waals surface area contributed by atoms with E-state index in [1.165, 1.54) is 26.4 Å². The van der Waals surface area contributed by atoms with E-state index in [1.807, 2.05) is 4.72 Å². The molecule has 0 saturated carbocycles. The van der Waals surface area contributed by atoms with E-state index in [2.05, 4.69) is 9.71 Å². The summed E-state index contributed by atoms with van der Waals surface area (Å²) in [6.07, 6.45) is 2.30. The molecule has 0 bridgehead atoms. The average Bonchev–Trinajstić information content (AvgIpc) is 3.15. The van der Waals surface area contributed by atoms with Crippen LogP contribution >= 0.6 is 11.6 Å². The summed E-state index contributed by atoms with van der Waals surface area (Å²) in [5.74, 6) is -0.936. The maximum Gasteiger partial charge on any atom is 0.282 e. The quantitative estimate of drug-likeness (QED) is 0.272. The standard InChI is InChI=1S/C25H26ClN5O6S2/c1-30(2)39(36,37)28-14-16-7-4-5-8-17(16)15-31-21-11-10-18(26)13-20(21)22(19-9-6-12-27-24(19)32)23(31)25(33)29-38(3,34)35/h4-13,28H,14-15H2,1-3H3,(H,27,32)(H,29,33). The van der Waals surface area contributed by atoms with Gasteiger partial charge in [-0.3, -0.25) is 9.59 Å². The summed E-state index contributed by atoms with van der Waals surface area (Å²) < 4.78 is 55.9. The minimum Gasteiger partial charge on any atom is -0.331 e. The molecule has 4 aromatic rings. The molecule has 206 valence electrons. The number of nitrogens with one attached hydrogen (secondary N) is 3. The van der Waals surface area contributed by atoms with E-state index in [4.69, 9.17) is 11.6 Å². The van der Waals surface area contributed by atoms with Gasteiger partial charge in [0.05, 0.1) is 6.26 Å². The number of fused-ring (bicyclic) bond motifs is 1. The molecule has 0 aliphatic rings. The van der Waals surface area contributed by atoms with Crippen LogP contribution < -0.4 is 15.0 Å². The molecule has 0 spiro atoms. The van der Waals surface area contributed by atoms with Crippen molar-refractivity contribution in [2.24, 2.45) is 0 Å². The summed E-state index contributed by atoms with van der Waals surface area (Å²) in [5.41, 5.74) is 1.61. The third-order valence-corrected chi connectivity index (χ3v) is 8.24. The molecule has 0 radical (unpaired) electrons. The lowest BCUT2D eigenvalue weighted by Crippen LogP contribution is -2.35. The van der Waals surface area contributed by atoms with Gasteiger partial charge in [0, 0.05) is 60.4 Å². The van der Waals surface area contributed by atoms with Gasteiger partial charge in [0.1, 0.15) is 5.69 Å². The first-order chi connectivity index (χ1) is 18.3. The number of benzene rings is 2. The van der Waals surface area contributed by atoms with Gasteiger partial charge in [-0.2, -0.15) is 17.4 Å². The molecular weight excluding hydrogens is 566 g/mol. The maximum atomic E-state index is 13.5. The van der Waals surface area contributed by atoms with Crippen molar-refractivity contribution in [3.8, 4) is 11.1 Å². The topological polar surface area (TPSA) is 150 Å². The van der Waals surface area contributed by atoms with E-state index < -0.39 is 31.7 Å². The first-order valence-electron chi connectivity index (χ1n) is 11.5. The monoisotopic (exact) mass is 591 g/mol. The fraction of sp³-hybridized carbons (Fsp3) is 0.200. The molecule has 3 N–H and O–H groups in total. The second-order valence-electron chi connectivity index (χ2n) is 8.96. The largest absolute Gasteiger partial charge is 0.331 e. The lowest BCUT2D eigenvalue weighted by Gasteiger charge is -2.17.